The van der Waals surface area contributed by atoms with Gasteiger partial charge in [-0.25, -0.2) is 4.79 Å². The second-order valence-corrected chi connectivity index (χ2v) is 4.87. The van der Waals surface area contributed by atoms with Crippen molar-refractivity contribution in [3.8, 4) is 0 Å². The lowest BCUT2D eigenvalue weighted by Gasteiger charge is -2.16. The summed E-state index contributed by atoms with van der Waals surface area (Å²) in [4.78, 5) is 22.6. The third-order valence-corrected chi connectivity index (χ3v) is 2.92. The van der Waals surface area contributed by atoms with Crippen molar-refractivity contribution in [3.05, 3.63) is 0 Å². The molecule has 0 aromatic carbocycles. The molecule has 0 radical (unpaired) electrons. The van der Waals surface area contributed by atoms with Crippen molar-refractivity contribution in [2.24, 2.45) is 5.73 Å². The highest BCUT2D eigenvalue weighted by Gasteiger charge is 2.18. The predicted molar refractivity (Wildman–Crippen MR) is 82.9 cm³/mol. The third-order valence-electron chi connectivity index (χ3n) is 2.27. The van der Waals surface area contributed by atoms with Gasteiger partial charge >= 0.3 is 6.03 Å². The minimum Gasteiger partial charge on any atom is -0.353 e. The third kappa shape index (κ3) is 12.1. The molecule has 6 nitrogen and oxygen atoms in total. The highest BCUT2D eigenvalue weighted by Crippen LogP contribution is 2.00. The van der Waals surface area contributed by atoms with Gasteiger partial charge in [-0.3, -0.25) is 4.79 Å². The number of hydrogen-bond donors (Lipinski definition) is 4. The number of nitrogens with two attached hydrogens (primary N) is 1. The summed E-state index contributed by atoms with van der Waals surface area (Å²) in [6.07, 6.45) is 3.60. The molecule has 0 fully saturated rings. The number of primary amides is 1. The fourth-order valence-electron chi connectivity index (χ4n) is 1.38. The van der Waals surface area contributed by atoms with E-state index in [1.165, 1.54) is 0 Å². The van der Waals surface area contributed by atoms with Crippen LogP contribution in [0.1, 0.15) is 19.8 Å². The highest BCUT2D eigenvalue weighted by molar-refractivity contribution is 7.98. The van der Waals surface area contributed by atoms with Gasteiger partial charge in [-0.05, 0) is 31.4 Å². The quantitative estimate of drug-likeness (QED) is 0.437. The molecular weight excluding hydrogens is 288 g/mol. The van der Waals surface area contributed by atoms with Gasteiger partial charge in [0.1, 0.15) is 6.04 Å². The van der Waals surface area contributed by atoms with Crippen molar-refractivity contribution >= 4 is 36.1 Å². The van der Waals surface area contributed by atoms with E-state index in [1.54, 1.807) is 11.8 Å². The number of nitrogens with one attached hydrogen (secondary N) is 3. The topological polar surface area (TPSA) is 96.2 Å². The van der Waals surface area contributed by atoms with E-state index in [1.807, 2.05) is 6.26 Å². The van der Waals surface area contributed by atoms with E-state index < -0.39 is 12.1 Å². The highest BCUT2D eigenvalue weighted by atomic mass is 35.5. The van der Waals surface area contributed by atoms with Crippen LogP contribution in [0.25, 0.3) is 0 Å². The summed E-state index contributed by atoms with van der Waals surface area (Å²) in [6, 6.07) is -1.21. The summed E-state index contributed by atoms with van der Waals surface area (Å²) >= 11 is 1.62. The molecular formula is C11H25ClN4O2S. The summed E-state index contributed by atoms with van der Waals surface area (Å²) in [7, 11) is 0. The van der Waals surface area contributed by atoms with E-state index in [0.717, 1.165) is 25.3 Å². The number of hydrogen-bond acceptors (Lipinski definition) is 4. The number of halogens is 1. The Morgan fingerprint density at radius 3 is 2.47 bits per heavy atom. The van der Waals surface area contributed by atoms with E-state index >= 15 is 0 Å². The fourth-order valence-corrected chi connectivity index (χ4v) is 1.85. The first-order valence-corrected chi connectivity index (χ1v) is 7.54. The van der Waals surface area contributed by atoms with Crippen molar-refractivity contribution in [3.63, 3.8) is 0 Å². The lowest BCUT2D eigenvalue weighted by Crippen LogP contribution is -2.49. The van der Waals surface area contributed by atoms with Crippen LogP contribution < -0.4 is 21.7 Å². The standard InChI is InChI=1S/C11H24N4O2S.ClH/c1-3-5-13-6-7-14-10(16)9(4-8-18-2)15-11(12)17;/h9,13H,3-8H2,1-2H3,(H,14,16)(H3,12,15,17);1H. The molecule has 0 rings (SSSR count). The molecule has 0 saturated heterocycles. The summed E-state index contributed by atoms with van der Waals surface area (Å²) < 4.78 is 0. The lowest BCUT2D eigenvalue weighted by molar-refractivity contribution is -0.122. The van der Waals surface area contributed by atoms with Gasteiger partial charge in [-0.15, -0.1) is 12.4 Å². The Balaban J connectivity index is 0. The van der Waals surface area contributed by atoms with Crippen molar-refractivity contribution in [1.29, 1.82) is 0 Å². The van der Waals surface area contributed by atoms with Crippen LogP contribution in [0.3, 0.4) is 0 Å². The SMILES string of the molecule is CCCNCCNC(=O)C(CCSC)NC(N)=O.Cl. The van der Waals surface area contributed by atoms with Crippen LogP contribution in [0.5, 0.6) is 0 Å². The van der Waals surface area contributed by atoms with Crippen molar-refractivity contribution in [2.75, 3.05) is 31.6 Å². The van der Waals surface area contributed by atoms with Gasteiger partial charge < -0.3 is 21.7 Å². The van der Waals surface area contributed by atoms with Crippen LogP contribution >= 0.6 is 24.2 Å². The van der Waals surface area contributed by atoms with Crippen molar-refractivity contribution in [2.45, 2.75) is 25.8 Å². The van der Waals surface area contributed by atoms with Gasteiger partial charge in [0.25, 0.3) is 0 Å². The first kappa shape index (κ1) is 20.7. The molecule has 8 heteroatoms. The predicted octanol–water partition coefficient (Wildman–Crippen LogP) is 0.314. The maximum Gasteiger partial charge on any atom is 0.312 e. The van der Waals surface area contributed by atoms with Gasteiger partial charge in [0.05, 0.1) is 0 Å². The molecule has 1 atom stereocenters. The number of thioether (sulfide) groups is 1. The average Bonchev–Trinajstić information content (AvgIpc) is 2.33. The molecule has 0 spiro atoms. The average molecular weight is 313 g/mol. The Kier molecular flexibility index (Phi) is 15.0. The molecule has 0 saturated carbocycles. The second-order valence-electron chi connectivity index (χ2n) is 3.88. The molecule has 3 amide bonds. The molecule has 19 heavy (non-hydrogen) atoms. The van der Waals surface area contributed by atoms with Gasteiger partial charge in [-0.2, -0.15) is 11.8 Å². The van der Waals surface area contributed by atoms with E-state index in [-0.39, 0.29) is 18.3 Å². The maximum atomic E-state index is 11.8. The molecule has 0 aliphatic heterocycles. The summed E-state index contributed by atoms with van der Waals surface area (Å²) in [6.45, 7) is 4.30. The van der Waals surface area contributed by atoms with Crippen LogP contribution in [-0.4, -0.2) is 49.6 Å². The molecule has 114 valence electrons. The Bertz CT molecular complexity index is 257. The van der Waals surface area contributed by atoms with E-state index in [4.69, 9.17) is 5.73 Å². The van der Waals surface area contributed by atoms with Gasteiger partial charge in [0.2, 0.25) is 5.91 Å². The minimum absolute atomic E-state index is 0. The van der Waals surface area contributed by atoms with E-state index in [2.05, 4.69) is 22.9 Å². The summed E-state index contributed by atoms with van der Waals surface area (Å²) in [5, 5.41) is 8.42. The van der Waals surface area contributed by atoms with Gasteiger partial charge in [0.15, 0.2) is 0 Å². The second kappa shape index (κ2) is 13.8. The monoisotopic (exact) mass is 312 g/mol. The molecule has 0 bridgehead atoms. The van der Waals surface area contributed by atoms with Crippen molar-refractivity contribution < 1.29 is 9.59 Å². The first-order chi connectivity index (χ1) is 8.61. The number of amides is 3. The van der Waals surface area contributed by atoms with Crippen LogP contribution in [-0.2, 0) is 4.79 Å². The Morgan fingerprint density at radius 1 is 1.26 bits per heavy atom. The van der Waals surface area contributed by atoms with E-state index in [9.17, 15) is 9.59 Å². The lowest BCUT2D eigenvalue weighted by atomic mass is 10.2. The smallest absolute Gasteiger partial charge is 0.312 e. The van der Waals surface area contributed by atoms with Crippen LogP contribution in [0.15, 0.2) is 0 Å². The van der Waals surface area contributed by atoms with Crippen LogP contribution in [0.2, 0.25) is 0 Å². The Morgan fingerprint density at radius 2 is 1.95 bits per heavy atom. The normalized spacial score (nSPS) is 11.3. The fraction of sp³-hybridized carbons (Fsp3) is 0.818. The van der Waals surface area contributed by atoms with Gasteiger partial charge in [0, 0.05) is 13.1 Å². The zero-order chi connectivity index (χ0) is 13.8. The zero-order valence-electron chi connectivity index (χ0n) is 11.5. The Hall–Kier alpha value is -0.660. The molecule has 0 aromatic rings. The molecule has 5 N–H and O–H groups in total. The van der Waals surface area contributed by atoms with Crippen LogP contribution in [0, 0.1) is 0 Å². The summed E-state index contributed by atoms with van der Waals surface area (Å²) in [5.41, 5.74) is 5.05. The van der Waals surface area contributed by atoms with E-state index in [0.29, 0.717) is 13.0 Å². The van der Waals surface area contributed by atoms with Gasteiger partial charge in [-0.1, -0.05) is 6.92 Å². The molecule has 0 aliphatic carbocycles. The minimum atomic E-state index is -0.666. The number of carbonyl (C=O) groups excluding carboxylic acids is 2. The molecule has 0 aromatic heterocycles. The first-order valence-electron chi connectivity index (χ1n) is 6.15. The zero-order valence-corrected chi connectivity index (χ0v) is 13.2. The molecule has 1 unspecified atom stereocenters. The summed E-state index contributed by atoms with van der Waals surface area (Å²) in [5.74, 6) is 0.619. The number of carbonyl (C=O) groups is 2. The van der Waals surface area contributed by atoms with Crippen molar-refractivity contribution in [1.82, 2.24) is 16.0 Å². The number of urea groups is 1. The molecule has 0 aliphatic rings. The van der Waals surface area contributed by atoms with Crippen LogP contribution in [0.4, 0.5) is 4.79 Å². The maximum absolute atomic E-state index is 11.8. The largest absolute Gasteiger partial charge is 0.353 e. The molecule has 0 heterocycles. The number of rotatable bonds is 10. The Labute approximate surface area is 125 Å².